The molecule has 2 heteroatoms. The summed E-state index contributed by atoms with van der Waals surface area (Å²) in [7, 11) is 0. The lowest BCUT2D eigenvalue weighted by Crippen LogP contribution is -1.87. The molecule has 26 heavy (non-hydrogen) atoms. The third-order valence-corrected chi connectivity index (χ3v) is 5.89. The molecule has 4 aliphatic heterocycles. The predicted molar refractivity (Wildman–Crippen MR) is 108 cm³/mol. The van der Waals surface area contributed by atoms with Crippen LogP contribution in [-0.4, -0.2) is 0 Å². The summed E-state index contributed by atoms with van der Waals surface area (Å²) >= 11 is 0. The molecule has 0 N–H and O–H groups in total. The third-order valence-electron chi connectivity index (χ3n) is 5.89. The van der Waals surface area contributed by atoms with E-state index in [4.69, 9.17) is 8.83 Å². The fourth-order valence-electron chi connectivity index (χ4n) is 4.37. The lowest BCUT2D eigenvalue weighted by molar-refractivity contribution is 0.567. The van der Waals surface area contributed by atoms with Crippen LogP contribution in [0, 0.1) is 0 Å². The van der Waals surface area contributed by atoms with Crippen molar-refractivity contribution in [2.45, 2.75) is 64.2 Å². The number of hydrogen-bond acceptors (Lipinski definition) is 2. The van der Waals surface area contributed by atoms with E-state index < -0.39 is 0 Å². The molecular weight excluding hydrogens is 320 g/mol. The van der Waals surface area contributed by atoms with Gasteiger partial charge in [0.15, 0.2) is 11.2 Å². The fourth-order valence-corrected chi connectivity index (χ4v) is 4.37. The van der Waals surface area contributed by atoms with E-state index in [0.717, 1.165) is 45.9 Å². The van der Waals surface area contributed by atoms with Crippen molar-refractivity contribution < 1.29 is 8.83 Å². The number of aryl methyl sites for hydroxylation is 2. The van der Waals surface area contributed by atoms with Gasteiger partial charge < -0.3 is 8.83 Å². The van der Waals surface area contributed by atoms with E-state index in [1.54, 1.807) is 0 Å². The van der Waals surface area contributed by atoms with Crippen molar-refractivity contribution in [1.29, 1.82) is 0 Å². The highest BCUT2D eigenvalue weighted by atomic mass is 16.4. The molecule has 8 bridgehead atoms. The second-order valence-electron chi connectivity index (χ2n) is 7.85. The van der Waals surface area contributed by atoms with Gasteiger partial charge in [0.05, 0.1) is 10.8 Å². The highest BCUT2D eigenvalue weighted by Gasteiger charge is 2.16. The molecule has 6 heterocycles. The lowest BCUT2D eigenvalue weighted by atomic mass is 10.0. The van der Waals surface area contributed by atoms with Crippen molar-refractivity contribution in [1.82, 2.24) is 0 Å². The van der Waals surface area contributed by atoms with E-state index in [1.165, 1.54) is 62.5 Å². The highest BCUT2D eigenvalue weighted by molar-refractivity contribution is 6.12. The maximum atomic E-state index is 6.21. The molecule has 0 fully saturated rings. The summed E-state index contributed by atoms with van der Waals surface area (Å²) in [6.07, 6.45) is 13.0. The number of benzene rings is 2. The molecule has 0 unspecified atom stereocenters. The maximum absolute atomic E-state index is 6.21. The summed E-state index contributed by atoms with van der Waals surface area (Å²) < 4.78 is 12.4. The van der Waals surface area contributed by atoms with Crippen molar-refractivity contribution in [2.24, 2.45) is 0 Å². The van der Waals surface area contributed by atoms with Gasteiger partial charge in [0.25, 0.3) is 0 Å². The van der Waals surface area contributed by atoms with E-state index in [0.29, 0.717) is 0 Å². The van der Waals surface area contributed by atoms with Crippen LogP contribution in [-0.2, 0) is 12.8 Å². The van der Waals surface area contributed by atoms with Gasteiger partial charge in [0.2, 0.25) is 0 Å². The Kier molecular flexibility index (Phi) is 4.20. The Labute approximate surface area is 154 Å². The molecule has 0 saturated carbocycles. The molecule has 0 saturated heterocycles. The first-order valence-corrected chi connectivity index (χ1v) is 10.2. The smallest absolute Gasteiger partial charge is 0.181 e. The molecular formula is C24H26O2. The van der Waals surface area contributed by atoms with Gasteiger partial charge in [-0.1, -0.05) is 50.7 Å². The molecule has 2 aromatic heterocycles. The summed E-state index contributed by atoms with van der Waals surface area (Å²) in [5, 5.41) is 2.19. The highest BCUT2D eigenvalue weighted by Crippen LogP contribution is 2.37. The summed E-state index contributed by atoms with van der Waals surface area (Å²) in [4.78, 5) is 0. The van der Waals surface area contributed by atoms with Gasteiger partial charge in [-0.05, 0) is 61.1 Å². The minimum absolute atomic E-state index is 0.900. The van der Waals surface area contributed by atoms with Crippen LogP contribution in [0.5, 0.6) is 0 Å². The SMILES string of the molecule is c1cc2c3cc1CCCCCCCCCCc1ccc4c(c1)oc2c4o3. The van der Waals surface area contributed by atoms with Crippen LogP contribution < -0.4 is 0 Å². The molecule has 4 aliphatic rings. The summed E-state index contributed by atoms with van der Waals surface area (Å²) in [5.74, 6) is 0. The molecule has 0 aliphatic carbocycles. The number of fused-ring (bicyclic) bond motifs is 2. The topological polar surface area (TPSA) is 26.3 Å². The van der Waals surface area contributed by atoms with E-state index >= 15 is 0 Å². The van der Waals surface area contributed by atoms with Crippen LogP contribution in [0.4, 0.5) is 0 Å². The summed E-state index contributed by atoms with van der Waals surface area (Å²) in [5.41, 5.74) is 6.46. The minimum Gasteiger partial charge on any atom is -0.452 e. The van der Waals surface area contributed by atoms with Crippen LogP contribution >= 0.6 is 0 Å². The maximum Gasteiger partial charge on any atom is 0.181 e. The fraction of sp³-hybridized carbons (Fsp3) is 0.417. The number of rotatable bonds is 0. The molecule has 0 spiro atoms. The summed E-state index contributed by atoms with van der Waals surface area (Å²) in [6, 6.07) is 13.2. The molecule has 2 nitrogen and oxygen atoms in total. The average molecular weight is 346 g/mol. The second-order valence-corrected chi connectivity index (χ2v) is 7.85. The Hall–Kier alpha value is -2.22. The quantitative estimate of drug-likeness (QED) is 0.328. The first-order valence-electron chi connectivity index (χ1n) is 10.2. The summed E-state index contributed by atoms with van der Waals surface area (Å²) in [6.45, 7) is 0. The van der Waals surface area contributed by atoms with Crippen molar-refractivity contribution in [2.75, 3.05) is 0 Å². The van der Waals surface area contributed by atoms with Gasteiger partial charge in [-0.25, -0.2) is 0 Å². The largest absolute Gasteiger partial charge is 0.452 e. The Morgan fingerprint density at radius 2 is 0.923 bits per heavy atom. The van der Waals surface area contributed by atoms with Crippen LogP contribution in [0.25, 0.3) is 33.1 Å². The first-order chi connectivity index (χ1) is 12.9. The van der Waals surface area contributed by atoms with E-state index in [-0.39, 0.29) is 0 Å². The van der Waals surface area contributed by atoms with Crippen molar-refractivity contribution in [3.8, 4) is 0 Å². The lowest BCUT2D eigenvalue weighted by Gasteiger charge is -2.04. The van der Waals surface area contributed by atoms with Crippen LogP contribution in [0.15, 0.2) is 45.2 Å². The predicted octanol–water partition coefficient (Wildman–Crippen LogP) is 7.55. The first kappa shape index (κ1) is 16.0. The molecule has 0 radical (unpaired) electrons. The van der Waals surface area contributed by atoms with Crippen molar-refractivity contribution >= 4 is 33.1 Å². The molecule has 4 aromatic rings. The van der Waals surface area contributed by atoms with Gasteiger partial charge >= 0.3 is 0 Å². The van der Waals surface area contributed by atoms with Gasteiger partial charge in [-0.3, -0.25) is 0 Å². The molecule has 2 aromatic carbocycles. The monoisotopic (exact) mass is 346 g/mol. The number of hydrogen-bond donors (Lipinski definition) is 0. The Balaban J connectivity index is 1.58. The zero-order valence-electron chi connectivity index (χ0n) is 15.4. The van der Waals surface area contributed by atoms with Crippen LogP contribution in [0.2, 0.25) is 0 Å². The van der Waals surface area contributed by atoms with E-state index in [1.807, 2.05) is 0 Å². The van der Waals surface area contributed by atoms with Gasteiger partial charge in [-0.15, -0.1) is 0 Å². The Bertz CT molecular complexity index is 965. The van der Waals surface area contributed by atoms with Gasteiger partial charge in [0.1, 0.15) is 11.2 Å². The Morgan fingerprint density at radius 1 is 0.500 bits per heavy atom. The van der Waals surface area contributed by atoms with Crippen LogP contribution in [0.1, 0.15) is 62.5 Å². The van der Waals surface area contributed by atoms with E-state index in [9.17, 15) is 0 Å². The van der Waals surface area contributed by atoms with E-state index in [2.05, 4.69) is 36.4 Å². The van der Waals surface area contributed by atoms with Gasteiger partial charge in [-0.2, -0.15) is 0 Å². The zero-order valence-corrected chi connectivity index (χ0v) is 15.4. The van der Waals surface area contributed by atoms with Gasteiger partial charge in [0, 0.05) is 0 Å². The number of furan rings is 2. The van der Waals surface area contributed by atoms with Crippen molar-refractivity contribution in [3.63, 3.8) is 0 Å². The third kappa shape index (κ3) is 2.92. The molecule has 0 atom stereocenters. The van der Waals surface area contributed by atoms with Crippen LogP contribution in [0.3, 0.4) is 0 Å². The average Bonchev–Trinajstić information content (AvgIpc) is 3.17. The molecule has 0 amide bonds. The Morgan fingerprint density at radius 3 is 1.38 bits per heavy atom. The standard InChI is InChI=1S/C24H26O2/c1-2-4-6-8-10-18-12-14-20-22(16-18)26-23-19-13-11-17(9-7-5-3-1)15-21(19)25-24(20)23/h11-16H,1-10H2. The zero-order chi connectivity index (χ0) is 17.3. The minimum atomic E-state index is 0.900. The normalized spacial score (nSPS) is 17.2. The second kappa shape index (κ2) is 6.83. The molecule has 8 rings (SSSR count). The molecule has 134 valence electrons. The van der Waals surface area contributed by atoms with Crippen molar-refractivity contribution in [3.05, 3.63) is 47.5 Å².